The van der Waals surface area contributed by atoms with Gasteiger partial charge in [0, 0.05) is 0 Å². The van der Waals surface area contributed by atoms with Crippen molar-refractivity contribution in [2.75, 3.05) is 13.2 Å². The summed E-state index contributed by atoms with van der Waals surface area (Å²) in [6, 6.07) is 0.348. The third-order valence-electron chi connectivity index (χ3n) is 4.51. The summed E-state index contributed by atoms with van der Waals surface area (Å²) < 4.78 is 23.7. The van der Waals surface area contributed by atoms with Gasteiger partial charge in [0.25, 0.3) is 0 Å². The van der Waals surface area contributed by atoms with Crippen LogP contribution in [0.1, 0.15) is 41.5 Å². The quantitative estimate of drug-likeness (QED) is 0.797. The van der Waals surface area contributed by atoms with Gasteiger partial charge in [-0.1, -0.05) is 27.7 Å². The van der Waals surface area contributed by atoms with Crippen LogP contribution in [0.25, 0.3) is 0 Å². The third kappa shape index (κ3) is 3.38. The molecule has 6 heteroatoms. The van der Waals surface area contributed by atoms with E-state index < -0.39 is 18.0 Å². The van der Waals surface area contributed by atoms with E-state index >= 15 is 0 Å². The van der Waals surface area contributed by atoms with Gasteiger partial charge >= 0.3 is 0 Å². The van der Waals surface area contributed by atoms with Crippen LogP contribution in [0.3, 0.4) is 0 Å². The van der Waals surface area contributed by atoms with Gasteiger partial charge in [0.2, 0.25) is 11.8 Å². The number of hydrogen-bond acceptors (Lipinski definition) is 6. The maximum Gasteiger partial charge on any atom is 0.217 e. The van der Waals surface area contributed by atoms with Crippen LogP contribution in [-0.2, 0) is 18.9 Å². The van der Waals surface area contributed by atoms with E-state index in [0.717, 1.165) is 0 Å². The summed E-state index contributed by atoms with van der Waals surface area (Å²) in [6.45, 7) is 13.6. The Balaban J connectivity index is 1.81. The minimum Gasteiger partial charge on any atom is -0.477 e. The summed E-state index contributed by atoms with van der Waals surface area (Å²) in [4.78, 5) is 9.38. The Bertz CT molecular complexity index is 469. The highest BCUT2D eigenvalue weighted by molar-refractivity contribution is 5.93. The first-order valence-corrected chi connectivity index (χ1v) is 8.53. The topological polar surface area (TPSA) is 61.6 Å². The highest BCUT2D eigenvalue weighted by Gasteiger charge is 2.50. The lowest BCUT2D eigenvalue weighted by Crippen LogP contribution is -2.37. The summed E-state index contributed by atoms with van der Waals surface area (Å²) in [7, 11) is 0. The molecule has 0 N–H and O–H groups in total. The SMILES string of the molecule is CC(C)[C@H]1COC([C@H]2OC(C)(C)O[C@@H]2C2=N[C@@H](C(C)C)CO2)=N1. The van der Waals surface area contributed by atoms with Gasteiger partial charge in [-0.2, -0.15) is 0 Å². The van der Waals surface area contributed by atoms with E-state index in [1.165, 1.54) is 0 Å². The molecule has 0 aromatic carbocycles. The molecule has 0 radical (unpaired) electrons. The molecule has 3 aliphatic heterocycles. The van der Waals surface area contributed by atoms with Crippen molar-refractivity contribution in [2.24, 2.45) is 21.8 Å². The van der Waals surface area contributed by atoms with E-state index in [-0.39, 0.29) is 12.1 Å². The molecule has 0 amide bonds. The van der Waals surface area contributed by atoms with Crippen molar-refractivity contribution in [1.29, 1.82) is 0 Å². The lowest BCUT2D eigenvalue weighted by atomic mass is 10.1. The first kappa shape index (κ1) is 16.7. The minimum absolute atomic E-state index is 0.174. The molecular formula is C17H28N2O4. The molecule has 0 saturated carbocycles. The molecule has 23 heavy (non-hydrogen) atoms. The van der Waals surface area contributed by atoms with Gasteiger partial charge in [0.15, 0.2) is 18.0 Å². The zero-order valence-electron chi connectivity index (χ0n) is 14.9. The van der Waals surface area contributed by atoms with Crippen LogP contribution >= 0.6 is 0 Å². The molecule has 0 unspecified atom stereocenters. The van der Waals surface area contributed by atoms with E-state index in [2.05, 4.69) is 37.7 Å². The van der Waals surface area contributed by atoms with E-state index in [0.29, 0.717) is 36.8 Å². The summed E-state index contributed by atoms with van der Waals surface area (Å²) in [5.41, 5.74) is 0. The lowest BCUT2D eigenvalue weighted by Gasteiger charge is -2.16. The lowest BCUT2D eigenvalue weighted by molar-refractivity contribution is -0.138. The van der Waals surface area contributed by atoms with Crippen molar-refractivity contribution in [3.63, 3.8) is 0 Å². The Kier molecular flexibility index (Phi) is 4.40. The number of hydrogen-bond donors (Lipinski definition) is 0. The van der Waals surface area contributed by atoms with Crippen molar-refractivity contribution in [2.45, 2.75) is 71.6 Å². The largest absolute Gasteiger partial charge is 0.477 e. The van der Waals surface area contributed by atoms with Crippen LogP contribution in [0, 0.1) is 11.8 Å². The zero-order chi connectivity index (χ0) is 16.8. The zero-order valence-corrected chi connectivity index (χ0v) is 14.9. The number of nitrogens with zero attached hydrogens (tertiary/aromatic N) is 2. The molecular weight excluding hydrogens is 296 g/mol. The van der Waals surface area contributed by atoms with Crippen molar-refractivity contribution in [3.05, 3.63) is 0 Å². The van der Waals surface area contributed by atoms with Gasteiger partial charge in [0.05, 0.1) is 12.1 Å². The molecule has 130 valence electrons. The first-order chi connectivity index (χ1) is 10.8. The second kappa shape index (κ2) is 6.06. The van der Waals surface area contributed by atoms with Crippen LogP contribution in [0.4, 0.5) is 0 Å². The Hall–Kier alpha value is -1.14. The predicted octanol–water partition coefficient (Wildman–Crippen LogP) is 2.41. The highest BCUT2D eigenvalue weighted by Crippen LogP contribution is 2.33. The smallest absolute Gasteiger partial charge is 0.217 e. The third-order valence-corrected chi connectivity index (χ3v) is 4.51. The standard InChI is InChI=1S/C17H28N2O4/c1-9(2)11-7-20-15(18-11)13-14(23-17(5,6)22-13)16-19-12(8-21-16)10(3)4/h9-14H,7-8H2,1-6H3/t11-,12-,13+,14+/m1/s1. The first-order valence-electron chi connectivity index (χ1n) is 8.53. The normalized spacial score (nSPS) is 36.2. The van der Waals surface area contributed by atoms with Crippen molar-refractivity contribution in [3.8, 4) is 0 Å². The highest BCUT2D eigenvalue weighted by atomic mass is 16.8. The fourth-order valence-corrected chi connectivity index (χ4v) is 2.93. The number of ether oxygens (including phenoxy) is 4. The molecule has 6 nitrogen and oxygen atoms in total. The Labute approximate surface area is 138 Å². The molecule has 0 bridgehead atoms. The predicted molar refractivity (Wildman–Crippen MR) is 87.9 cm³/mol. The Morgan fingerprint density at radius 1 is 0.826 bits per heavy atom. The summed E-state index contributed by atoms with van der Waals surface area (Å²) in [5, 5.41) is 0. The second-order valence-electron chi connectivity index (χ2n) is 7.66. The Morgan fingerprint density at radius 3 is 1.52 bits per heavy atom. The molecule has 1 saturated heterocycles. The van der Waals surface area contributed by atoms with Crippen molar-refractivity contribution < 1.29 is 18.9 Å². The minimum atomic E-state index is -0.709. The molecule has 0 aromatic rings. The van der Waals surface area contributed by atoms with Crippen molar-refractivity contribution >= 4 is 11.8 Å². The monoisotopic (exact) mass is 324 g/mol. The molecule has 3 heterocycles. The Morgan fingerprint density at radius 2 is 1.22 bits per heavy atom. The van der Waals surface area contributed by atoms with E-state index in [1.54, 1.807) is 0 Å². The van der Waals surface area contributed by atoms with Gasteiger partial charge in [-0.3, -0.25) is 0 Å². The molecule has 4 atom stereocenters. The van der Waals surface area contributed by atoms with Crippen LogP contribution in [0.5, 0.6) is 0 Å². The molecule has 1 fully saturated rings. The summed E-state index contributed by atoms with van der Waals surface area (Å²) in [6.07, 6.45) is -0.781. The number of aliphatic imine (C=N–C) groups is 2. The average Bonchev–Trinajstić information content (AvgIpc) is 3.14. The maximum atomic E-state index is 6.04. The summed E-state index contributed by atoms with van der Waals surface area (Å²) >= 11 is 0. The molecule has 3 rings (SSSR count). The van der Waals surface area contributed by atoms with Crippen LogP contribution in [0.15, 0.2) is 9.98 Å². The second-order valence-corrected chi connectivity index (χ2v) is 7.66. The van der Waals surface area contributed by atoms with Gasteiger partial charge in [-0.05, 0) is 25.7 Å². The fraction of sp³-hybridized carbons (Fsp3) is 0.882. The van der Waals surface area contributed by atoms with E-state index in [1.807, 2.05) is 13.8 Å². The molecule has 3 aliphatic rings. The van der Waals surface area contributed by atoms with Gasteiger partial charge < -0.3 is 18.9 Å². The molecule has 0 spiro atoms. The molecule has 0 aromatic heterocycles. The van der Waals surface area contributed by atoms with Crippen molar-refractivity contribution in [1.82, 2.24) is 0 Å². The van der Waals surface area contributed by atoms with Gasteiger partial charge in [-0.15, -0.1) is 0 Å². The van der Waals surface area contributed by atoms with Gasteiger partial charge in [-0.25, -0.2) is 9.98 Å². The molecule has 0 aliphatic carbocycles. The van der Waals surface area contributed by atoms with Gasteiger partial charge in [0.1, 0.15) is 13.2 Å². The maximum absolute atomic E-state index is 6.04. The van der Waals surface area contributed by atoms with E-state index in [9.17, 15) is 0 Å². The van der Waals surface area contributed by atoms with E-state index in [4.69, 9.17) is 18.9 Å². The number of rotatable bonds is 4. The summed E-state index contributed by atoms with van der Waals surface area (Å²) in [5.74, 6) is 1.38. The van der Waals surface area contributed by atoms with Crippen LogP contribution in [-0.4, -0.2) is 55.1 Å². The van der Waals surface area contributed by atoms with Crippen LogP contribution < -0.4 is 0 Å². The fourth-order valence-electron chi connectivity index (χ4n) is 2.93. The average molecular weight is 324 g/mol. The van der Waals surface area contributed by atoms with Crippen LogP contribution in [0.2, 0.25) is 0 Å².